The van der Waals surface area contributed by atoms with Crippen molar-refractivity contribution in [3.63, 3.8) is 0 Å². The van der Waals surface area contributed by atoms with Crippen LogP contribution >= 0.6 is 39.1 Å². The highest BCUT2D eigenvalue weighted by Gasteiger charge is 2.62. The SMILES string of the molecule is CCOP(=O)(OCC)OC1[C@@H](OP(=O)(OCC)OCC)[C@@H](OP(=O)(OCC)OCC)C(O)[C@H](OP(=O)(OCC)OCC)[C@H]1OP(=O)(OCC)OCC. The van der Waals surface area contributed by atoms with Gasteiger partial charge in [0.2, 0.25) is 0 Å². The van der Waals surface area contributed by atoms with E-state index < -0.39 is 75.7 Å². The van der Waals surface area contributed by atoms with Crippen molar-refractivity contribution in [2.24, 2.45) is 0 Å². The van der Waals surface area contributed by atoms with Crippen LogP contribution in [-0.4, -0.2) is 108 Å². The lowest BCUT2D eigenvalue weighted by Crippen LogP contribution is -2.66. The Balaban J connectivity index is 4.39. The van der Waals surface area contributed by atoms with Crippen molar-refractivity contribution < 1.29 is 95.8 Å². The molecule has 1 rings (SSSR count). The summed E-state index contributed by atoms with van der Waals surface area (Å²) in [5.41, 5.74) is 0. The lowest BCUT2D eigenvalue weighted by Gasteiger charge is -2.48. The molecule has 312 valence electrons. The van der Waals surface area contributed by atoms with Crippen LogP contribution in [-0.2, 0) is 90.7 Å². The minimum Gasteiger partial charge on any atom is -0.387 e. The highest BCUT2D eigenvalue weighted by atomic mass is 31.2. The van der Waals surface area contributed by atoms with E-state index in [1.54, 1.807) is 0 Å². The summed E-state index contributed by atoms with van der Waals surface area (Å²) in [5.74, 6) is 0. The molecule has 0 aromatic rings. The van der Waals surface area contributed by atoms with Crippen LogP contribution in [0.15, 0.2) is 0 Å². The predicted molar refractivity (Wildman–Crippen MR) is 185 cm³/mol. The molecule has 6 atom stereocenters. The molecule has 0 aliphatic heterocycles. The molecular formula is C26H57O21P5. The quantitative estimate of drug-likeness (QED) is 0.0702. The molecule has 1 N–H and O–H groups in total. The number of hydrogen-bond donors (Lipinski definition) is 1. The van der Waals surface area contributed by atoms with Gasteiger partial charge >= 0.3 is 39.1 Å². The molecule has 0 heterocycles. The average molecular weight is 861 g/mol. The largest absolute Gasteiger partial charge is 0.475 e. The Labute approximate surface area is 306 Å². The Hall–Kier alpha value is 0.510. The van der Waals surface area contributed by atoms with Gasteiger partial charge in [0.1, 0.15) is 36.6 Å². The molecule has 0 bridgehead atoms. The lowest BCUT2D eigenvalue weighted by atomic mass is 9.85. The van der Waals surface area contributed by atoms with Gasteiger partial charge in [-0.1, -0.05) is 0 Å². The van der Waals surface area contributed by atoms with E-state index in [-0.39, 0.29) is 66.1 Å². The fraction of sp³-hybridized carbons (Fsp3) is 1.00. The van der Waals surface area contributed by atoms with E-state index in [9.17, 15) is 27.9 Å². The summed E-state index contributed by atoms with van der Waals surface area (Å²) < 4.78 is 152. The number of aliphatic hydroxyl groups is 1. The number of phosphoric ester groups is 5. The predicted octanol–water partition coefficient (Wildman–Crippen LogP) is 7.19. The molecule has 0 aromatic carbocycles. The van der Waals surface area contributed by atoms with Crippen LogP contribution < -0.4 is 0 Å². The van der Waals surface area contributed by atoms with Crippen molar-refractivity contribution in [1.29, 1.82) is 0 Å². The van der Waals surface area contributed by atoms with Crippen molar-refractivity contribution >= 4 is 39.1 Å². The summed E-state index contributed by atoms with van der Waals surface area (Å²) in [6, 6.07) is 0. The molecule has 0 amide bonds. The van der Waals surface area contributed by atoms with E-state index in [0.717, 1.165) is 0 Å². The van der Waals surface area contributed by atoms with Gasteiger partial charge in [-0.15, -0.1) is 0 Å². The number of hydrogen-bond acceptors (Lipinski definition) is 21. The van der Waals surface area contributed by atoms with E-state index in [4.69, 9.17) is 67.9 Å². The van der Waals surface area contributed by atoms with Crippen LogP contribution in [0.3, 0.4) is 0 Å². The molecule has 1 aliphatic carbocycles. The third-order valence-electron chi connectivity index (χ3n) is 6.09. The van der Waals surface area contributed by atoms with E-state index in [0.29, 0.717) is 0 Å². The van der Waals surface area contributed by atoms with Gasteiger partial charge in [0, 0.05) is 0 Å². The molecule has 2 unspecified atom stereocenters. The molecule has 0 radical (unpaired) electrons. The molecule has 1 saturated carbocycles. The van der Waals surface area contributed by atoms with Gasteiger partial charge in [-0.25, -0.2) is 22.8 Å². The van der Waals surface area contributed by atoms with Crippen molar-refractivity contribution in [2.75, 3.05) is 66.1 Å². The Morgan fingerprint density at radius 3 is 0.596 bits per heavy atom. The third kappa shape index (κ3) is 15.5. The molecule has 0 spiro atoms. The van der Waals surface area contributed by atoms with Crippen LogP contribution in [0.25, 0.3) is 0 Å². The first-order valence-corrected chi connectivity index (χ1v) is 24.3. The second-order valence-electron chi connectivity index (χ2n) is 9.75. The van der Waals surface area contributed by atoms with E-state index in [1.165, 1.54) is 69.2 Å². The van der Waals surface area contributed by atoms with Crippen LogP contribution in [0, 0.1) is 0 Å². The van der Waals surface area contributed by atoms with Gasteiger partial charge in [0.05, 0.1) is 66.1 Å². The summed E-state index contributed by atoms with van der Waals surface area (Å²) in [4.78, 5) is 0. The minimum atomic E-state index is -4.74. The Bertz CT molecular complexity index is 1130. The molecule has 26 heteroatoms. The topological polar surface area (TPSA) is 244 Å². The Kier molecular flexibility index (Phi) is 23.6. The normalized spacial score (nSPS) is 23.7. The monoisotopic (exact) mass is 860 g/mol. The zero-order valence-electron chi connectivity index (χ0n) is 31.4. The molecule has 52 heavy (non-hydrogen) atoms. The second kappa shape index (κ2) is 24.3. The smallest absolute Gasteiger partial charge is 0.387 e. The lowest BCUT2D eigenvalue weighted by molar-refractivity contribution is -0.210. The van der Waals surface area contributed by atoms with Gasteiger partial charge in [0.15, 0.2) is 0 Å². The number of rotatable bonds is 30. The van der Waals surface area contributed by atoms with Crippen molar-refractivity contribution in [3.8, 4) is 0 Å². The summed E-state index contributed by atoms with van der Waals surface area (Å²) in [6.07, 6.45) is -12.9. The maximum atomic E-state index is 14.1. The summed E-state index contributed by atoms with van der Waals surface area (Å²) in [6.45, 7) is 12.4. The summed E-state index contributed by atoms with van der Waals surface area (Å²) in [5, 5.41) is 12.1. The summed E-state index contributed by atoms with van der Waals surface area (Å²) >= 11 is 0. The van der Waals surface area contributed by atoms with Crippen LogP contribution in [0.5, 0.6) is 0 Å². The van der Waals surface area contributed by atoms with Crippen molar-refractivity contribution in [1.82, 2.24) is 0 Å². The maximum absolute atomic E-state index is 14.1. The van der Waals surface area contributed by atoms with Gasteiger partial charge < -0.3 is 5.11 Å². The average Bonchev–Trinajstić information content (AvgIpc) is 3.04. The zero-order valence-corrected chi connectivity index (χ0v) is 35.9. The Morgan fingerprint density at radius 2 is 0.442 bits per heavy atom. The first-order chi connectivity index (χ1) is 24.5. The van der Waals surface area contributed by atoms with Crippen LogP contribution in [0.4, 0.5) is 0 Å². The van der Waals surface area contributed by atoms with Gasteiger partial charge in [-0.3, -0.25) is 67.9 Å². The van der Waals surface area contributed by atoms with Crippen LogP contribution in [0.1, 0.15) is 69.2 Å². The fourth-order valence-corrected chi connectivity index (χ4v) is 11.4. The second-order valence-corrected chi connectivity index (χ2v) is 17.9. The van der Waals surface area contributed by atoms with E-state index >= 15 is 0 Å². The van der Waals surface area contributed by atoms with Crippen LogP contribution in [0.2, 0.25) is 0 Å². The minimum absolute atomic E-state index is 0.229. The first-order valence-electron chi connectivity index (χ1n) is 17.0. The van der Waals surface area contributed by atoms with Gasteiger partial charge in [0.25, 0.3) is 0 Å². The molecule has 1 fully saturated rings. The Morgan fingerprint density at radius 1 is 0.308 bits per heavy atom. The highest BCUT2D eigenvalue weighted by molar-refractivity contribution is 7.49. The van der Waals surface area contributed by atoms with Gasteiger partial charge in [-0.05, 0) is 69.2 Å². The number of aliphatic hydroxyl groups excluding tert-OH is 1. The van der Waals surface area contributed by atoms with Gasteiger partial charge in [-0.2, -0.15) is 0 Å². The molecule has 21 nitrogen and oxygen atoms in total. The third-order valence-corrected chi connectivity index (χ3v) is 14.3. The highest BCUT2D eigenvalue weighted by Crippen LogP contribution is 2.63. The number of phosphoric acid groups is 5. The molecular weight excluding hydrogens is 803 g/mol. The standard InChI is InChI=1S/C26H57O21P5/c1-11-33-48(28,34-12-2)43-22-21(27)23(44-49(29,35-13-3)36-14-4)25(46-51(31,39-17-7)40-18-8)26(47-52(32,41-19-9)42-20-10)24(22)45-50(30,37-15-5)38-16-6/h21-27H,11-20H2,1-10H3/t21?,22-,23-,24-,25+,26?/m0/s1. The van der Waals surface area contributed by atoms with E-state index in [1.807, 2.05) is 0 Å². The molecule has 1 aliphatic rings. The fourth-order valence-electron chi connectivity index (χ4n) is 4.56. The molecule has 0 saturated heterocycles. The summed E-state index contributed by atoms with van der Waals surface area (Å²) in [7, 11) is -23.5. The van der Waals surface area contributed by atoms with Crippen molar-refractivity contribution in [3.05, 3.63) is 0 Å². The van der Waals surface area contributed by atoms with Crippen molar-refractivity contribution in [2.45, 2.75) is 106 Å². The van der Waals surface area contributed by atoms with E-state index in [2.05, 4.69) is 0 Å². The zero-order chi connectivity index (χ0) is 39.6. The first kappa shape index (κ1) is 50.5. The maximum Gasteiger partial charge on any atom is 0.475 e. The molecule has 0 aromatic heterocycles.